The molecule has 0 unspecified atom stereocenters. The predicted molar refractivity (Wildman–Crippen MR) is 101 cm³/mol. The van der Waals surface area contributed by atoms with Crippen molar-refractivity contribution in [2.75, 3.05) is 5.75 Å². The van der Waals surface area contributed by atoms with Crippen LogP contribution in [0.2, 0.25) is 0 Å². The van der Waals surface area contributed by atoms with Crippen LogP contribution in [-0.2, 0) is 0 Å². The standard InChI is InChI=1S/C18H16N2O2S2/c1-11-14-16(22)19-18(20-17(14)24-15(11)12(2)21)23-10-6-9-13-7-4-3-5-8-13/h3-9H,10H2,1-2H3,(H,19,20,22)/b9-6+. The van der Waals surface area contributed by atoms with Crippen molar-refractivity contribution in [3.63, 3.8) is 0 Å². The van der Waals surface area contributed by atoms with Crippen molar-refractivity contribution >= 4 is 45.2 Å². The van der Waals surface area contributed by atoms with E-state index in [1.54, 1.807) is 6.92 Å². The summed E-state index contributed by atoms with van der Waals surface area (Å²) in [4.78, 5) is 32.4. The molecule has 2 heterocycles. The van der Waals surface area contributed by atoms with Crippen LogP contribution in [0.5, 0.6) is 0 Å². The monoisotopic (exact) mass is 356 g/mol. The highest BCUT2D eigenvalue weighted by molar-refractivity contribution is 7.99. The molecule has 3 aromatic rings. The first-order valence-corrected chi connectivity index (χ1v) is 9.25. The van der Waals surface area contributed by atoms with Crippen LogP contribution in [0.25, 0.3) is 16.3 Å². The summed E-state index contributed by atoms with van der Waals surface area (Å²) in [5.74, 6) is 0.669. The number of hydrogen-bond acceptors (Lipinski definition) is 5. The number of H-pyrrole nitrogens is 1. The minimum absolute atomic E-state index is 0.0325. The maximum Gasteiger partial charge on any atom is 0.260 e. The zero-order valence-corrected chi connectivity index (χ0v) is 15.0. The summed E-state index contributed by atoms with van der Waals surface area (Å²) in [7, 11) is 0. The van der Waals surface area contributed by atoms with Crippen LogP contribution >= 0.6 is 23.1 Å². The Bertz CT molecular complexity index is 972. The van der Waals surface area contributed by atoms with E-state index in [-0.39, 0.29) is 11.3 Å². The molecule has 0 fully saturated rings. The maximum absolute atomic E-state index is 12.3. The average molecular weight is 356 g/mol. The van der Waals surface area contributed by atoms with Gasteiger partial charge in [0.25, 0.3) is 5.56 Å². The number of carbonyl (C=O) groups is 1. The molecule has 0 saturated carbocycles. The normalized spacial score (nSPS) is 11.4. The van der Waals surface area contributed by atoms with Crippen molar-refractivity contribution in [1.29, 1.82) is 0 Å². The summed E-state index contributed by atoms with van der Waals surface area (Å²) in [5, 5.41) is 1.09. The van der Waals surface area contributed by atoms with Gasteiger partial charge >= 0.3 is 0 Å². The molecule has 3 rings (SSSR count). The summed E-state index contributed by atoms with van der Waals surface area (Å²) in [6, 6.07) is 10.0. The highest BCUT2D eigenvalue weighted by Gasteiger charge is 2.16. The number of aromatic amines is 1. The Hall–Kier alpha value is -2.18. The van der Waals surface area contributed by atoms with Gasteiger partial charge in [-0.05, 0) is 25.0 Å². The van der Waals surface area contributed by atoms with Gasteiger partial charge in [0.1, 0.15) is 4.83 Å². The third-order valence-electron chi connectivity index (χ3n) is 3.52. The van der Waals surface area contributed by atoms with Gasteiger partial charge in [0, 0.05) is 5.75 Å². The van der Waals surface area contributed by atoms with E-state index in [9.17, 15) is 9.59 Å². The first-order valence-electron chi connectivity index (χ1n) is 7.45. The van der Waals surface area contributed by atoms with Gasteiger partial charge in [0.15, 0.2) is 10.9 Å². The summed E-state index contributed by atoms with van der Waals surface area (Å²) in [6.45, 7) is 3.30. The molecule has 0 spiro atoms. The fourth-order valence-corrected chi connectivity index (χ4v) is 4.21. The molecule has 0 radical (unpaired) electrons. The lowest BCUT2D eigenvalue weighted by Crippen LogP contribution is -2.09. The molecule has 0 aliphatic heterocycles. The Morgan fingerprint density at radius 3 is 2.79 bits per heavy atom. The van der Waals surface area contributed by atoms with Crippen molar-refractivity contribution in [3.8, 4) is 0 Å². The molecular formula is C18H16N2O2S2. The van der Waals surface area contributed by atoms with Gasteiger partial charge in [-0.15, -0.1) is 11.3 Å². The molecule has 1 aromatic carbocycles. The van der Waals surface area contributed by atoms with Crippen LogP contribution in [-0.4, -0.2) is 21.5 Å². The number of aromatic nitrogens is 2. The average Bonchev–Trinajstić information content (AvgIpc) is 2.90. The number of fused-ring (bicyclic) bond motifs is 1. The number of aryl methyl sites for hydroxylation is 1. The minimum Gasteiger partial charge on any atom is -0.301 e. The second kappa shape index (κ2) is 7.15. The van der Waals surface area contributed by atoms with Crippen molar-refractivity contribution in [2.45, 2.75) is 19.0 Å². The molecule has 0 aliphatic carbocycles. The molecule has 0 saturated heterocycles. The van der Waals surface area contributed by atoms with Crippen LogP contribution in [0.1, 0.15) is 27.7 Å². The van der Waals surface area contributed by atoms with Crippen LogP contribution < -0.4 is 5.56 Å². The van der Waals surface area contributed by atoms with Crippen molar-refractivity contribution in [2.24, 2.45) is 0 Å². The lowest BCUT2D eigenvalue weighted by atomic mass is 10.2. The summed E-state index contributed by atoms with van der Waals surface area (Å²) >= 11 is 2.74. The molecule has 2 aromatic heterocycles. The Labute approximate surface area is 147 Å². The molecule has 0 aliphatic rings. The Balaban J connectivity index is 1.80. The van der Waals surface area contributed by atoms with Gasteiger partial charge in [-0.3, -0.25) is 9.59 Å². The molecular weight excluding hydrogens is 340 g/mol. The van der Waals surface area contributed by atoms with Gasteiger partial charge in [-0.1, -0.05) is 54.2 Å². The van der Waals surface area contributed by atoms with Crippen molar-refractivity contribution in [3.05, 3.63) is 62.8 Å². The molecule has 24 heavy (non-hydrogen) atoms. The van der Waals surface area contributed by atoms with E-state index < -0.39 is 0 Å². The highest BCUT2D eigenvalue weighted by atomic mass is 32.2. The number of thioether (sulfide) groups is 1. The number of nitrogens with zero attached hydrogens (tertiary/aromatic N) is 1. The number of Topliss-reactive ketones (excluding diaryl/α,β-unsaturated/α-hetero) is 1. The molecule has 0 amide bonds. The largest absolute Gasteiger partial charge is 0.301 e. The minimum atomic E-state index is -0.184. The fourth-order valence-electron chi connectivity index (χ4n) is 2.40. The second-order valence-corrected chi connectivity index (χ2v) is 7.30. The van der Waals surface area contributed by atoms with Crippen LogP contribution in [0.15, 0.2) is 46.4 Å². The van der Waals surface area contributed by atoms with Crippen molar-refractivity contribution in [1.82, 2.24) is 9.97 Å². The predicted octanol–water partition coefficient (Wildman–Crippen LogP) is 4.30. The number of nitrogens with one attached hydrogen (secondary N) is 1. The maximum atomic E-state index is 12.3. The Kier molecular flexibility index (Phi) is 4.97. The fraction of sp³-hybridized carbons (Fsp3) is 0.167. The number of benzene rings is 1. The van der Waals surface area contributed by atoms with Gasteiger partial charge in [-0.25, -0.2) is 4.98 Å². The summed E-state index contributed by atoms with van der Waals surface area (Å²) in [6.07, 6.45) is 4.07. The van der Waals surface area contributed by atoms with Gasteiger partial charge in [0.05, 0.1) is 10.3 Å². The lowest BCUT2D eigenvalue weighted by Gasteiger charge is -1.98. The van der Waals surface area contributed by atoms with Crippen LogP contribution in [0.3, 0.4) is 0 Å². The third kappa shape index (κ3) is 3.49. The smallest absolute Gasteiger partial charge is 0.260 e. The highest BCUT2D eigenvalue weighted by Crippen LogP contribution is 2.28. The Morgan fingerprint density at radius 2 is 2.08 bits per heavy atom. The second-order valence-electron chi connectivity index (χ2n) is 5.29. The first-order chi connectivity index (χ1) is 11.6. The summed E-state index contributed by atoms with van der Waals surface area (Å²) < 4.78 is 0. The lowest BCUT2D eigenvalue weighted by molar-refractivity contribution is 0.102. The van der Waals surface area contributed by atoms with E-state index in [0.29, 0.717) is 26.0 Å². The number of hydrogen-bond donors (Lipinski definition) is 1. The zero-order chi connectivity index (χ0) is 17.1. The number of carbonyl (C=O) groups excluding carboxylic acids is 1. The van der Waals surface area contributed by atoms with Gasteiger partial charge < -0.3 is 4.98 Å². The topological polar surface area (TPSA) is 62.8 Å². The van der Waals surface area contributed by atoms with Crippen LogP contribution in [0.4, 0.5) is 0 Å². The first kappa shape index (κ1) is 16.7. The SMILES string of the molecule is CC(=O)c1sc2nc(SC/C=C/c3ccccc3)[nH]c(=O)c2c1C. The third-order valence-corrected chi connectivity index (χ3v) is 5.64. The number of thiophene rings is 1. The van der Waals surface area contributed by atoms with Gasteiger partial charge in [-0.2, -0.15) is 0 Å². The van der Waals surface area contributed by atoms with E-state index in [2.05, 4.69) is 9.97 Å². The molecule has 0 bridgehead atoms. The summed E-state index contributed by atoms with van der Waals surface area (Å²) in [5.41, 5.74) is 1.67. The molecule has 1 N–H and O–H groups in total. The number of rotatable bonds is 5. The molecule has 6 heteroatoms. The molecule has 4 nitrogen and oxygen atoms in total. The quantitative estimate of drug-likeness (QED) is 0.420. The van der Waals surface area contributed by atoms with E-state index in [1.165, 1.54) is 30.0 Å². The zero-order valence-electron chi connectivity index (χ0n) is 13.3. The van der Waals surface area contributed by atoms with Gasteiger partial charge in [0.2, 0.25) is 0 Å². The van der Waals surface area contributed by atoms with E-state index >= 15 is 0 Å². The molecule has 0 atom stereocenters. The number of ketones is 1. The van der Waals surface area contributed by atoms with E-state index in [4.69, 9.17) is 0 Å². The van der Waals surface area contributed by atoms with E-state index in [0.717, 1.165) is 11.1 Å². The van der Waals surface area contributed by atoms with E-state index in [1.807, 2.05) is 42.5 Å². The van der Waals surface area contributed by atoms with Crippen LogP contribution in [0, 0.1) is 6.92 Å². The Morgan fingerprint density at radius 1 is 1.33 bits per heavy atom. The molecule has 122 valence electrons. The van der Waals surface area contributed by atoms with Crippen molar-refractivity contribution < 1.29 is 4.79 Å².